The van der Waals surface area contributed by atoms with E-state index in [4.69, 9.17) is 4.74 Å². The molecule has 1 unspecified atom stereocenters. The predicted octanol–water partition coefficient (Wildman–Crippen LogP) is 4.28. The number of alkyl halides is 3. The molecule has 2 aromatic rings. The van der Waals surface area contributed by atoms with Gasteiger partial charge in [-0.2, -0.15) is 5.10 Å². The third-order valence-corrected chi connectivity index (χ3v) is 5.37. The first-order valence-corrected chi connectivity index (χ1v) is 10.7. The van der Waals surface area contributed by atoms with Crippen molar-refractivity contribution in [3.05, 3.63) is 53.6 Å². The maximum Gasteiger partial charge on any atom is 0.573 e. The fourth-order valence-corrected chi connectivity index (χ4v) is 3.56. The molecule has 1 N–H and O–H groups in total. The van der Waals surface area contributed by atoms with E-state index in [9.17, 15) is 27.6 Å². The first kappa shape index (κ1) is 25.7. The van der Waals surface area contributed by atoms with Gasteiger partial charge in [-0.3, -0.25) is 14.4 Å². The first-order valence-electron chi connectivity index (χ1n) is 10.7. The molecule has 11 heteroatoms. The van der Waals surface area contributed by atoms with Crippen molar-refractivity contribution in [1.82, 2.24) is 5.01 Å². The van der Waals surface area contributed by atoms with Gasteiger partial charge in [-0.15, -0.1) is 13.2 Å². The molecule has 0 saturated heterocycles. The summed E-state index contributed by atoms with van der Waals surface area (Å²) in [5.41, 5.74) is 1.97. The highest BCUT2D eigenvalue weighted by molar-refractivity contribution is 6.39. The quantitative estimate of drug-likeness (QED) is 0.556. The second-order valence-corrected chi connectivity index (χ2v) is 7.87. The number of nitrogens with zero attached hydrogens (tertiary/aromatic N) is 2. The van der Waals surface area contributed by atoms with E-state index < -0.39 is 23.8 Å². The van der Waals surface area contributed by atoms with E-state index in [-0.39, 0.29) is 30.5 Å². The molecule has 0 radical (unpaired) electrons. The highest BCUT2D eigenvalue weighted by Crippen LogP contribution is 2.35. The van der Waals surface area contributed by atoms with Gasteiger partial charge < -0.3 is 14.8 Å². The summed E-state index contributed by atoms with van der Waals surface area (Å²) < 4.78 is 47.7. The fourth-order valence-electron chi connectivity index (χ4n) is 3.56. The van der Waals surface area contributed by atoms with Crippen LogP contribution in [0.25, 0.3) is 0 Å². The standard InChI is InChI=1S/C24H24F3N3O5/c1-4-16-12-21(32)30(13-15-5-8-18(9-6-15)28-23(33)14(2)31)29-22(16)17-7-10-19(34-3)20(11-17)35-24(25,26)27/h5-11,16H,4,12-13H2,1-3H3,(H,28,33). The Kier molecular flexibility index (Phi) is 7.78. The Bertz CT molecular complexity index is 1150. The molecule has 0 saturated carbocycles. The van der Waals surface area contributed by atoms with Gasteiger partial charge >= 0.3 is 6.36 Å². The Hall–Kier alpha value is -3.89. The number of methoxy groups -OCH3 is 1. The molecule has 1 atom stereocenters. The topological polar surface area (TPSA) is 97.3 Å². The molecule has 0 aromatic heterocycles. The van der Waals surface area contributed by atoms with Crippen LogP contribution in [0.2, 0.25) is 0 Å². The highest BCUT2D eigenvalue weighted by atomic mass is 19.4. The zero-order valence-corrected chi connectivity index (χ0v) is 19.3. The fraction of sp³-hybridized carbons (Fsp3) is 0.333. The van der Waals surface area contributed by atoms with Crippen molar-refractivity contribution in [3.8, 4) is 11.5 Å². The number of carbonyl (C=O) groups is 3. The minimum atomic E-state index is -4.90. The maximum atomic E-state index is 12.9. The SMILES string of the molecule is CCC1CC(=O)N(Cc2ccc(NC(=O)C(C)=O)cc2)N=C1c1ccc(OC)c(OC(F)(F)F)c1. The van der Waals surface area contributed by atoms with Crippen molar-refractivity contribution in [3.63, 3.8) is 0 Å². The molecule has 1 heterocycles. The molecule has 0 spiro atoms. The average molecular weight is 491 g/mol. The van der Waals surface area contributed by atoms with Crippen molar-refractivity contribution in [2.45, 2.75) is 39.6 Å². The molecule has 1 aliphatic rings. The average Bonchev–Trinajstić information content (AvgIpc) is 2.80. The van der Waals surface area contributed by atoms with Crippen molar-refractivity contribution in [1.29, 1.82) is 0 Å². The van der Waals surface area contributed by atoms with Crippen molar-refractivity contribution in [2.75, 3.05) is 12.4 Å². The summed E-state index contributed by atoms with van der Waals surface area (Å²) in [6, 6.07) is 10.7. The molecular weight excluding hydrogens is 467 g/mol. The van der Waals surface area contributed by atoms with Crippen LogP contribution in [0.3, 0.4) is 0 Å². The number of hydrogen-bond donors (Lipinski definition) is 1. The number of ether oxygens (including phenoxy) is 2. The van der Waals surface area contributed by atoms with Crippen molar-refractivity contribution < 1.29 is 37.0 Å². The lowest BCUT2D eigenvalue weighted by Crippen LogP contribution is -2.36. The molecule has 186 valence electrons. The summed E-state index contributed by atoms with van der Waals surface area (Å²) >= 11 is 0. The van der Waals surface area contributed by atoms with Gasteiger partial charge in [0, 0.05) is 30.5 Å². The van der Waals surface area contributed by atoms with Crippen LogP contribution in [0.5, 0.6) is 11.5 Å². The number of amides is 2. The third kappa shape index (κ3) is 6.58. The van der Waals surface area contributed by atoms with Gasteiger partial charge in [0.2, 0.25) is 11.7 Å². The lowest BCUT2D eigenvalue weighted by Gasteiger charge is -2.29. The lowest BCUT2D eigenvalue weighted by molar-refractivity contribution is -0.275. The van der Waals surface area contributed by atoms with Gasteiger partial charge in [-0.05, 0) is 42.3 Å². The van der Waals surface area contributed by atoms with Crippen LogP contribution >= 0.6 is 0 Å². The highest BCUT2D eigenvalue weighted by Gasteiger charge is 2.34. The van der Waals surface area contributed by atoms with Crippen LogP contribution in [0.1, 0.15) is 37.8 Å². The second kappa shape index (κ2) is 10.6. The maximum absolute atomic E-state index is 12.9. The van der Waals surface area contributed by atoms with Crippen LogP contribution in [0.15, 0.2) is 47.6 Å². The Morgan fingerprint density at radius 3 is 2.40 bits per heavy atom. The summed E-state index contributed by atoms with van der Waals surface area (Å²) in [5.74, 6) is -2.45. The van der Waals surface area contributed by atoms with Crippen molar-refractivity contribution in [2.24, 2.45) is 11.0 Å². The van der Waals surface area contributed by atoms with Crippen LogP contribution < -0.4 is 14.8 Å². The third-order valence-electron chi connectivity index (χ3n) is 5.37. The van der Waals surface area contributed by atoms with Gasteiger partial charge in [0.15, 0.2) is 11.5 Å². The van der Waals surface area contributed by atoms with Gasteiger partial charge in [0.05, 0.1) is 19.4 Å². The summed E-state index contributed by atoms with van der Waals surface area (Å²) in [6.07, 6.45) is -4.20. The number of Topliss-reactive ketones (excluding diaryl/α,β-unsaturated/α-hetero) is 1. The number of carbonyl (C=O) groups excluding carboxylic acids is 3. The molecule has 35 heavy (non-hydrogen) atoms. The van der Waals surface area contributed by atoms with E-state index in [0.29, 0.717) is 28.9 Å². The van der Waals surface area contributed by atoms with Crippen LogP contribution in [-0.4, -0.2) is 41.8 Å². The number of nitrogens with one attached hydrogen (secondary N) is 1. The Labute approximate surface area is 199 Å². The van der Waals surface area contributed by atoms with E-state index in [1.807, 2.05) is 6.92 Å². The number of hydrogen-bond acceptors (Lipinski definition) is 6. The number of anilines is 1. The van der Waals surface area contributed by atoms with Gasteiger partial charge in [-0.25, -0.2) is 5.01 Å². The second-order valence-electron chi connectivity index (χ2n) is 7.87. The summed E-state index contributed by atoms with van der Waals surface area (Å²) in [4.78, 5) is 35.3. The number of ketones is 1. The molecule has 8 nitrogen and oxygen atoms in total. The normalized spacial score (nSPS) is 15.9. The van der Waals surface area contributed by atoms with Gasteiger partial charge in [0.1, 0.15) is 0 Å². The van der Waals surface area contributed by atoms with E-state index in [0.717, 1.165) is 6.92 Å². The van der Waals surface area contributed by atoms with Crippen LogP contribution in [-0.2, 0) is 20.9 Å². The Morgan fingerprint density at radius 1 is 1.14 bits per heavy atom. The largest absolute Gasteiger partial charge is 0.573 e. The lowest BCUT2D eigenvalue weighted by atomic mass is 9.89. The molecule has 2 amide bonds. The van der Waals surface area contributed by atoms with Crippen molar-refractivity contribution >= 4 is 29.0 Å². The zero-order chi connectivity index (χ0) is 25.8. The monoisotopic (exact) mass is 491 g/mol. The number of halogens is 3. The molecule has 0 fully saturated rings. The predicted molar refractivity (Wildman–Crippen MR) is 121 cm³/mol. The molecule has 0 aliphatic carbocycles. The minimum Gasteiger partial charge on any atom is -0.493 e. The first-order chi connectivity index (χ1) is 16.5. The Morgan fingerprint density at radius 2 is 1.83 bits per heavy atom. The Balaban J connectivity index is 1.88. The van der Waals surface area contributed by atoms with E-state index in [1.165, 1.54) is 24.3 Å². The smallest absolute Gasteiger partial charge is 0.493 e. The van der Waals surface area contributed by atoms with Gasteiger partial charge in [-0.1, -0.05) is 19.1 Å². The van der Waals surface area contributed by atoms with E-state index >= 15 is 0 Å². The molecule has 2 aromatic carbocycles. The number of rotatable bonds is 8. The van der Waals surface area contributed by atoms with E-state index in [2.05, 4.69) is 15.2 Å². The minimum absolute atomic E-state index is 0.0829. The zero-order valence-electron chi connectivity index (χ0n) is 19.3. The molecule has 3 rings (SSSR count). The van der Waals surface area contributed by atoms with Crippen LogP contribution in [0.4, 0.5) is 18.9 Å². The molecule has 0 bridgehead atoms. The van der Waals surface area contributed by atoms with Crippen LogP contribution in [0, 0.1) is 5.92 Å². The number of hydrazone groups is 1. The molecule has 1 aliphatic heterocycles. The van der Waals surface area contributed by atoms with E-state index in [1.54, 1.807) is 30.3 Å². The summed E-state index contributed by atoms with van der Waals surface area (Å²) in [7, 11) is 1.24. The number of benzene rings is 2. The van der Waals surface area contributed by atoms with Gasteiger partial charge in [0.25, 0.3) is 5.91 Å². The summed E-state index contributed by atoms with van der Waals surface area (Å²) in [5, 5.41) is 8.19. The summed E-state index contributed by atoms with van der Waals surface area (Å²) in [6.45, 7) is 3.14. The molecular formula is C24H24F3N3O5.